The molecule has 2 aliphatic rings. The summed E-state index contributed by atoms with van der Waals surface area (Å²) < 4.78 is 22.4. The van der Waals surface area contributed by atoms with Crippen LogP contribution in [0.5, 0.6) is 11.5 Å². The first-order valence-electron chi connectivity index (χ1n) is 9.32. The molecule has 0 unspecified atom stereocenters. The molecule has 27 heavy (non-hydrogen) atoms. The highest BCUT2D eigenvalue weighted by Crippen LogP contribution is 2.37. The number of nitrogens with zero attached hydrogens (tertiary/aromatic N) is 1. The van der Waals surface area contributed by atoms with Crippen LogP contribution in [0.1, 0.15) is 31.7 Å². The molecule has 1 aromatic carbocycles. The van der Waals surface area contributed by atoms with Gasteiger partial charge in [0, 0.05) is 32.0 Å². The molecule has 2 saturated heterocycles. The van der Waals surface area contributed by atoms with Crippen molar-refractivity contribution in [1.29, 1.82) is 0 Å². The highest BCUT2D eigenvalue weighted by atomic mass is 35.5. The van der Waals surface area contributed by atoms with Crippen LogP contribution in [0.4, 0.5) is 0 Å². The Kier molecular flexibility index (Phi) is 6.63. The zero-order valence-electron chi connectivity index (χ0n) is 15.8. The smallest absolute Gasteiger partial charge is 0.246 e. The van der Waals surface area contributed by atoms with Crippen LogP contribution in [-0.4, -0.2) is 56.6 Å². The number of ether oxygens (including phenoxy) is 4. The van der Waals surface area contributed by atoms with Crippen LogP contribution in [0, 0.1) is 0 Å². The summed E-state index contributed by atoms with van der Waals surface area (Å²) in [5, 5.41) is 0.463. The minimum Gasteiger partial charge on any atom is -0.493 e. The number of piperidine rings is 1. The number of rotatable bonds is 6. The van der Waals surface area contributed by atoms with Crippen molar-refractivity contribution in [2.24, 2.45) is 0 Å². The lowest BCUT2D eigenvalue weighted by atomic mass is 10.0. The molecule has 0 bridgehead atoms. The largest absolute Gasteiger partial charge is 0.493 e. The summed E-state index contributed by atoms with van der Waals surface area (Å²) in [5.74, 6) is 0.570. The normalized spacial score (nSPS) is 19.0. The number of halogens is 1. The summed E-state index contributed by atoms with van der Waals surface area (Å²) in [5.41, 5.74) is 0.782. The number of methoxy groups -OCH3 is 1. The van der Waals surface area contributed by atoms with Crippen LogP contribution < -0.4 is 9.47 Å². The predicted molar refractivity (Wildman–Crippen MR) is 103 cm³/mol. The van der Waals surface area contributed by atoms with Gasteiger partial charge in [-0.1, -0.05) is 18.5 Å². The van der Waals surface area contributed by atoms with Gasteiger partial charge in [0.05, 0.1) is 32.0 Å². The average Bonchev–Trinajstić information content (AvgIpc) is 3.13. The second-order valence-corrected chi connectivity index (χ2v) is 7.06. The lowest BCUT2D eigenvalue weighted by molar-refractivity contribution is -0.186. The fraction of sp³-hybridized carbons (Fsp3) is 0.550. The van der Waals surface area contributed by atoms with E-state index in [4.69, 9.17) is 30.5 Å². The summed E-state index contributed by atoms with van der Waals surface area (Å²) in [6, 6.07) is 3.58. The van der Waals surface area contributed by atoms with Crippen molar-refractivity contribution in [3.63, 3.8) is 0 Å². The summed E-state index contributed by atoms with van der Waals surface area (Å²) in [6.45, 7) is 5.10. The third-order valence-electron chi connectivity index (χ3n) is 4.77. The topological polar surface area (TPSA) is 57.2 Å². The van der Waals surface area contributed by atoms with Gasteiger partial charge in [0.1, 0.15) is 0 Å². The molecule has 2 aliphatic heterocycles. The van der Waals surface area contributed by atoms with E-state index >= 15 is 0 Å². The molecule has 0 saturated carbocycles. The van der Waals surface area contributed by atoms with Gasteiger partial charge >= 0.3 is 0 Å². The number of carbonyl (C=O) groups excluding carboxylic acids is 1. The van der Waals surface area contributed by atoms with E-state index < -0.39 is 5.79 Å². The average molecular weight is 396 g/mol. The Morgan fingerprint density at radius 1 is 1.30 bits per heavy atom. The Bertz CT molecular complexity index is 690. The first-order chi connectivity index (χ1) is 13.1. The quantitative estimate of drug-likeness (QED) is 0.690. The maximum atomic E-state index is 12.5. The van der Waals surface area contributed by atoms with Crippen molar-refractivity contribution < 1.29 is 23.7 Å². The van der Waals surface area contributed by atoms with Gasteiger partial charge in [-0.2, -0.15) is 0 Å². The predicted octanol–water partition coefficient (Wildman–Crippen LogP) is 3.52. The molecular weight excluding hydrogens is 370 g/mol. The molecule has 148 valence electrons. The first kappa shape index (κ1) is 20.0. The molecule has 0 aromatic heterocycles. The van der Waals surface area contributed by atoms with E-state index in [1.165, 1.54) is 0 Å². The molecule has 1 aromatic rings. The van der Waals surface area contributed by atoms with Gasteiger partial charge < -0.3 is 23.8 Å². The van der Waals surface area contributed by atoms with E-state index in [0.29, 0.717) is 62.3 Å². The fourth-order valence-corrected chi connectivity index (χ4v) is 3.58. The van der Waals surface area contributed by atoms with Crippen molar-refractivity contribution in [2.75, 3.05) is 40.0 Å². The van der Waals surface area contributed by atoms with Crippen LogP contribution in [0.3, 0.4) is 0 Å². The first-order valence-corrected chi connectivity index (χ1v) is 9.70. The van der Waals surface area contributed by atoms with Gasteiger partial charge in [-0.05, 0) is 30.2 Å². The molecule has 2 heterocycles. The van der Waals surface area contributed by atoms with Crippen LogP contribution >= 0.6 is 11.6 Å². The molecule has 1 spiro atoms. The number of hydrogen-bond acceptors (Lipinski definition) is 5. The summed E-state index contributed by atoms with van der Waals surface area (Å²) in [6.07, 6.45) is 5.59. The van der Waals surface area contributed by atoms with Crippen LogP contribution in [0.2, 0.25) is 5.02 Å². The van der Waals surface area contributed by atoms with Crippen molar-refractivity contribution in [3.05, 3.63) is 28.8 Å². The number of hydrogen-bond donors (Lipinski definition) is 0. The standard InChI is InChI=1S/C20H26ClNO5/c1-3-10-25-19-16(21)13-15(14-17(19)24-2)4-5-18(23)22-8-6-20(7-9-22)26-11-12-27-20/h4-5,13-14H,3,6-12H2,1-2H3/b5-4+. The summed E-state index contributed by atoms with van der Waals surface area (Å²) >= 11 is 6.32. The van der Waals surface area contributed by atoms with Crippen molar-refractivity contribution in [1.82, 2.24) is 4.90 Å². The molecule has 7 heteroatoms. The van der Waals surface area contributed by atoms with E-state index in [1.54, 1.807) is 25.3 Å². The molecule has 0 radical (unpaired) electrons. The van der Waals surface area contributed by atoms with Crippen LogP contribution in [-0.2, 0) is 14.3 Å². The maximum absolute atomic E-state index is 12.5. The monoisotopic (exact) mass is 395 g/mol. The van der Waals surface area contributed by atoms with E-state index in [-0.39, 0.29) is 5.91 Å². The third kappa shape index (κ3) is 4.75. The molecule has 3 rings (SSSR count). The molecule has 6 nitrogen and oxygen atoms in total. The molecule has 2 fully saturated rings. The number of likely N-dealkylation sites (tertiary alicyclic amines) is 1. The minimum atomic E-state index is -0.476. The second kappa shape index (κ2) is 8.95. The van der Waals surface area contributed by atoms with E-state index in [9.17, 15) is 4.79 Å². The van der Waals surface area contributed by atoms with Crippen molar-refractivity contribution in [2.45, 2.75) is 32.0 Å². The molecular formula is C20H26ClNO5. The molecule has 0 atom stereocenters. The Morgan fingerprint density at radius 2 is 2.00 bits per heavy atom. The Balaban J connectivity index is 1.63. The van der Waals surface area contributed by atoms with Crippen LogP contribution in [0.15, 0.2) is 18.2 Å². The highest BCUT2D eigenvalue weighted by molar-refractivity contribution is 6.32. The molecule has 1 amide bonds. The number of carbonyl (C=O) groups is 1. The zero-order valence-corrected chi connectivity index (χ0v) is 16.6. The van der Waals surface area contributed by atoms with Gasteiger partial charge in [0.25, 0.3) is 0 Å². The maximum Gasteiger partial charge on any atom is 0.246 e. The van der Waals surface area contributed by atoms with Crippen LogP contribution in [0.25, 0.3) is 6.08 Å². The van der Waals surface area contributed by atoms with Crippen molar-refractivity contribution >= 4 is 23.6 Å². The Morgan fingerprint density at radius 3 is 2.63 bits per heavy atom. The SMILES string of the molecule is CCCOc1c(Cl)cc(/C=C/C(=O)N2CCC3(CC2)OCCO3)cc1OC. The Hall–Kier alpha value is -1.76. The van der Waals surface area contributed by atoms with E-state index in [0.717, 1.165) is 12.0 Å². The minimum absolute atomic E-state index is 0.0377. The van der Waals surface area contributed by atoms with Crippen molar-refractivity contribution in [3.8, 4) is 11.5 Å². The van der Waals surface area contributed by atoms with Gasteiger partial charge in [0.2, 0.25) is 5.91 Å². The molecule has 0 aliphatic carbocycles. The summed E-state index contributed by atoms with van der Waals surface area (Å²) in [7, 11) is 1.57. The second-order valence-electron chi connectivity index (χ2n) is 6.65. The van der Waals surface area contributed by atoms with Gasteiger partial charge in [-0.15, -0.1) is 0 Å². The lowest BCUT2D eigenvalue weighted by Crippen LogP contribution is -2.46. The zero-order chi connectivity index (χ0) is 19.3. The number of amides is 1. The van der Waals surface area contributed by atoms with Gasteiger partial charge in [0.15, 0.2) is 17.3 Å². The van der Waals surface area contributed by atoms with Gasteiger partial charge in [-0.3, -0.25) is 4.79 Å². The Labute approximate surface area is 165 Å². The lowest BCUT2D eigenvalue weighted by Gasteiger charge is -2.37. The third-order valence-corrected chi connectivity index (χ3v) is 5.05. The highest BCUT2D eigenvalue weighted by Gasteiger charge is 2.40. The van der Waals surface area contributed by atoms with E-state index in [2.05, 4.69) is 0 Å². The summed E-state index contributed by atoms with van der Waals surface area (Å²) in [4.78, 5) is 14.3. The van der Waals surface area contributed by atoms with Gasteiger partial charge in [-0.25, -0.2) is 0 Å². The number of benzene rings is 1. The fourth-order valence-electron chi connectivity index (χ4n) is 3.31. The molecule has 0 N–H and O–H groups in total. The van der Waals surface area contributed by atoms with E-state index in [1.807, 2.05) is 17.9 Å².